The average molecular weight is 333 g/mol. The molecule has 2 aliphatic rings. The minimum absolute atomic E-state index is 0.0882. The third-order valence-electron chi connectivity index (χ3n) is 4.59. The molecule has 1 aliphatic heterocycles. The van der Waals surface area contributed by atoms with Crippen LogP contribution in [-0.4, -0.2) is 43.1 Å². The Balaban J connectivity index is 1.80. The summed E-state index contributed by atoms with van der Waals surface area (Å²) in [4.78, 5) is 24.6. The molecule has 1 heterocycles. The van der Waals surface area contributed by atoms with Crippen LogP contribution in [0.2, 0.25) is 0 Å². The predicted molar refractivity (Wildman–Crippen MR) is 87.0 cm³/mol. The number of amides is 2. The highest BCUT2D eigenvalue weighted by Crippen LogP contribution is 2.35. The van der Waals surface area contributed by atoms with Crippen molar-refractivity contribution in [1.29, 1.82) is 0 Å². The van der Waals surface area contributed by atoms with Crippen molar-refractivity contribution < 1.29 is 23.8 Å². The third kappa shape index (κ3) is 3.53. The molecule has 2 fully saturated rings. The second-order valence-electron chi connectivity index (χ2n) is 6.26. The van der Waals surface area contributed by atoms with Crippen molar-refractivity contribution in [2.45, 2.75) is 44.8 Å². The van der Waals surface area contributed by atoms with Gasteiger partial charge >= 0.3 is 0 Å². The Morgan fingerprint density at radius 3 is 2.67 bits per heavy atom. The quantitative estimate of drug-likeness (QED) is 0.847. The third-order valence-corrected chi connectivity index (χ3v) is 4.59. The Kier molecular flexibility index (Phi) is 5.04. The molecule has 0 bridgehead atoms. The smallest absolute Gasteiger partial charge is 0.255 e. The maximum atomic E-state index is 11.7. The number of hydrogen-bond acceptors (Lipinski definition) is 5. The van der Waals surface area contributed by atoms with Gasteiger partial charge in [-0.1, -0.05) is 6.07 Å². The summed E-state index contributed by atoms with van der Waals surface area (Å²) < 4.78 is 17.1. The van der Waals surface area contributed by atoms with Gasteiger partial charge < -0.3 is 14.2 Å². The van der Waals surface area contributed by atoms with E-state index in [1.54, 1.807) is 7.11 Å². The molecule has 3 rings (SSSR count). The number of nitrogens with zero attached hydrogens (tertiary/aromatic N) is 1. The number of hydrogen-bond donors (Lipinski definition) is 0. The van der Waals surface area contributed by atoms with Crippen molar-refractivity contribution in [2.24, 2.45) is 0 Å². The number of carbonyl (C=O) groups excluding carboxylic acids is 2. The van der Waals surface area contributed by atoms with Gasteiger partial charge in [0.05, 0.1) is 19.8 Å². The first-order valence-corrected chi connectivity index (χ1v) is 8.35. The van der Waals surface area contributed by atoms with E-state index in [1.807, 2.05) is 18.2 Å². The summed E-state index contributed by atoms with van der Waals surface area (Å²) in [6.07, 6.45) is 4.36. The Hall–Kier alpha value is -2.08. The van der Waals surface area contributed by atoms with Gasteiger partial charge in [0.2, 0.25) is 5.91 Å². The molecule has 1 atom stereocenters. The number of morpholine rings is 1. The maximum absolute atomic E-state index is 11.7. The van der Waals surface area contributed by atoms with Gasteiger partial charge in [-0.15, -0.1) is 0 Å². The van der Waals surface area contributed by atoms with E-state index in [9.17, 15) is 9.59 Å². The summed E-state index contributed by atoms with van der Waals surface area (Å²) in [5.74, 6) is 0.816. The number of methoxy groups -OCH3 is 1. The van der Waals surface area contributed by atoms with Crippen molar-refractivity contribution >= 4 is 11.8 Å². The Bertz CT molecular complexity index is 624. The molecule has 1 unspecified atom stereocenters. The van der Waals surface area contributed by atoms with E-state index < -0.39 is 0 Å². The van der Waals surface area contributed by atoms with Crippen LogP contribution in [0.15, 0.2) is 18.2 Å². The number of rotatable bonds is 4. The lowest BCUT2D eigenvalue weighted by molar-refractivity contribution is -0.158. The van der Waals surface area contributed by atoms with Crippen LogP contribution in [0.25, 0.3) is 0 Å². The molecular weight excluding hydrogens is 310 g/mol. The normalized spacial score (nSPS) is 21.8. The Morgan fingerprint density at radius 2 is 2.00 bits per heavy atom. The summed E-state index contributed by atoms with van der Waals surface area (Å²) in [6, 6.07) is 5.63. The molecule has 6 nitrogen and oxygen atoms in total. The number of carbonyl (C=O) groups is 2. The molecule has 1 saturated heterocycles. The van der Waals surface area contributed by atoms with Crippen molar-refractivity contribution in [1.82, 2.24) is 4.90 Å². The van der Waals surface area contributed by atoms with E-state index in [1.165, 1.54) is 24.7 Å². The van der Waals surface area contributed by atoms with Gasteiger partial charge in [0, 0.05) is 6.92 Å². The molecule has 6 heteroatoms. The highest BCUT2D eigenvalue weighted by Gasteiger charge is 2.30. The average Bonchev–Trinajstić information content (AvgIpc) is 3.08. The minimum atomic E-state index is -0.344. The van der Waals surface area contributed by atoms with Crippen molar-refractivity contribution in [3.63, 3.8) is 0 Å². The number of imide groups is 1. The summed E-state index contributed by atoms with van der Waals surface area (Å²) in [5.41, 5.74) is 0.877. The molecule has 0 N–H and O–H groups in total. The first-order valence-electron chi connectivity index (χ1n) is 8.35. The number of ether oxygens (including phenoxy) is 3. The highest BCUT2D eigenvalue weighted by molar-refractivity contribution is 5.95. The van der Waals surface area contributed by atoms with Gasteiger partial charge in [-0.05, 0) is 43.4 Å². The lowest BCUT2D eigenvalue weighted by Crippen LogP contribution is -2.45. The fourth-order valence-electron chi connectivity index (χ4n) is 3.25. The van der Waals surface area contributed by atoms with Crippen LogP contribution in [0, 0.1) is 0 Å². The molecule has 1 aromatic carbocycles. The molecule has 0 radical (unpaired) electrons. The largest absolute Gasteiger partial charge is 0.493 e. The molecule has 2 amide bonds. The molecule has 0 aromatic heterocycles. The van der Waals surface area contributed by atoms with Gasteiger partial charge in [0.1, 0.15) is 12.7 Å². The maximum Gasteiger partial charge on any atom is 0.255 e. The highest BCUT2D eigenvalue weighted by atomic mass is 16.5. The Labute approximate surface area is 141 Å². The Morgan fingerprint density at radius 1 is 1.25 bits per heavy atom. The van der Waals surface area contributed by atoms with Crippen LogP contribution in [0.3, 0.4) is 0 Å². The lowest BCUT2D eigenvalue weighted by Gasteiger charge is -2.31. The van der Waals surface area contributed by atoms with E-state index in [0.29, 0.717) is 11.5 Å². The van der Waals surface area contributed by atoms with E-state index in [0.717, 1.165) is 18.4 Å². The van der Waals surface area contributed by atoms with Crippen LogP contribution in [0.4, 0.5) is 0 Å². The standard InChI is InChI=1S/C18H23NO5/c1-12(20)19-10-17(23-11-18(19)21)13-7-8-15(22-2)16(9-13)24-14-5-3-4-6-14/h7-9,14,17H,3-6,10-11H2,1-2H3. The fourth-order valence-corrected chi connectivity index (χ4v) is 3.25. The van der Waals surface area contributed by atoms with Crippen LogP contribution in [0.5, 0.6) is 11.5 Å². The van der Waals surface area contributed by atoms with Crippen LogP contribution in [0.1, 0.15) is 44.3 Å². The zero-order valence-electron chi connectivity index (χ0n) is 14.1. The van der Waals surface area contributed by atoms with Gasteiger partial charge in [-0.25, -0.2) is 0 Å². The minimum Gasteiger partial charge on any atom is -0.493 e. The molecule has 0 spiro atoms. The van der Waals surface area contributed by atoms with Crippen LogP contribution in [-0.2, 0) is 14.3 Å². The molecule has 1 aromatic rings. The second-order valence-corrected chi connectivity index (χ2v) is 6.26. The monoisotopic (exact) mass is 333 g/mol. The van der Waals surface area contributed by atoms with Crippen molar-refractivity contribution in [2.75, 3.05) is 20.3 Å². The van der Waals surface area contributed by atoms with E-state index in [4.69, 9.17) is 14.2 Å². The van der Waals surface area contributed by atoms with Crippen molar-refractivity contribution in [3.05, 3.63) is 23.8 Å². The summed E-state index contributed by atoms with van der Waals surface area (Å²) in [6.45, 7) is 1.53. The molecule has 24 heavy (non-hydrogen) atoms. The fraction of sp³-hybridized carbons (Fsp3) is 0.556. The van der Waals surface area contributed by atoms with E-state index in [2.05, 4.69) is 0 Å². The van der Waals surface area contributed by atoms with Crippen LogP contribution < -0.4 is 9.47 Å². The zero-order valence-corrected chi connectivity index (χ0v) is 14.1. The van der Waals surface area contributed by atoms with Gasteiger partial charge in [-0.2, -0.15) is 0 Å². The van der Waals surface area contributed by atoms with Crippen molar-refractivity contribution in [3.8, 4) is 11.5 Å². The van der Waals surface area contributed by atoms with E-state index in [-0.39, 0.29) is 37.2 Å². The van der Waals surface area contributed by atoms with Gasteiger partial charge in [-0.3, -0.25) is 14.5 Å². The topological polar surface area (TPSA) is 65.1 Å². The molecular formula is C18H23NO5. The molecule has 130 valence electrons. The van der Waals surface area contributed by atoms with Crippen LogP contribution >= 0.6 is 0 Å². The molecule has 1 aliphatic carbocycles. The SMILES string of the molecule is COc1ccc(C2CN(C(C)=O)C(=O)CO2)cc1OC1CCCC1. The first kappa shape index (κ1) is 16.8. The predicted octanol–water partition coefficient (Wildman–Crippen LogP) is 2.46. The number of benzene rings is 1. The van der Waals surface area contributed by atoms with E-state index >= 15 is 0 Å². The zero-order chi connectivity index (χ0) is 17.1. The summed E-state index contributed by atoms with van der Waals surface area (Å²) >= 11 is 0. The first-order chi connectivity index (χ1) is 11.6. The van der Waals surface area contributed by atoms with Gasteiger partial charge in [0.25, 0.3) is 5.91 Å². The summed E-state index contributed by atoms with van der Waals surface area (Å²) in [7, 11) is 1.61. The lowest BCUT2D eigenvalue weighted by atomic mass is 10.1. The summed E-state index contributed by atoms with van der Waals surface area (Å²) in [5, 5.41) is 0. The van der Waals surface area contributed by atoms with Gasteiger partial charge in [0.15, 0.2) is 11.5 Å². The second kappa shape index (κ2) is 7.21. The molecule has 1 saturated carbocycles.